The number of hydrogen-bond donors (Lipinski definition) is 2. The van der Waals surface area contributed by atoms with Gasteiger partial charge in [-0.15, -0.1) is 0 Å². The molecule has 0 fully saturated rings. The zero-order valence-corrected chi connectivity index (χ0v) is 15.1. The summed E-state index contributed by atoms with van der Waals surface area (Å²) >= 11 is 0. The summed E-state index contributed by atoms with van der Waals surface area (Å²) < 4.78 is 29.4. The van der Waals surface area contributed by atoms with Crippen molar-refractivity contribution in [1.29, 1.82) is 0 Å². The van der Waals surface area contributed by atoms with E-state index >= 15 is 0 Å². The van der Waals surface area contributed by atoms with E-state index in [1.54, 1.807) is 13.8 Å². The van der Waals surface area contributed by atoms with Crippen molar-refractivity contribution in [3.8, 4) is 0 Å². The molecule has 0 spiro atoms. The zero-order chi connectivity index (χ0) is 19.9. The Morgan fingerprint density at radius 2 is 1.63 bits per heavy atom. The minimum absolute atomic E-state index is 0.187. The Kier molecular flexibility index (Phi) is 4.61. The first-order valence-corrected chi connectivity index (χ1v) is 8.09. The minimum Gasteiger partial charge on any atom is -0.324 e. The molecule has 2 N–H and O–H groups in total. The second kappa shape index (κ2) is 6.75. The molecule has 27 heavy (non-hydrogen) atoms. The van der Waals surface area contributed by atoms with Gasteiger partial charge in [0.1, 0.15) is 17.2 Å². The van der Waals surface area contributed by atoms with Gasteiger partial charge in [0.2, 0.25) is 5.91 Å². The van der Waals surface area contributed by atoms with Crippen LogP contribution in [0.1, 0.15) is 34.4 Å². The standard InChI is InChI=1S/C18H17F2N5O2/c1-8-5-9(2)25-17(21-8)16(10(3)24-25)18(27)23-15-7-14(22-11(4)26)12(19)6-13(15)20/h5-7H,1-4H3,(H,22,26)(H,23,27). The monoisotopic (exact) mass is 373 g/mol. The van der Waals surface area contributed by atoms with Crippen LogP contribution in [0, 0.1) is 32.4 Å². The normalized spacial score (nSPS) is 10.9. The average Bonchev–Trinajstić information content (AvgIpc) is 2.88. The average molecular weight is 373 g/mol. The van der Waals surface area contributed by atoms with Gasteiger partial charge in [-0.25, -0.2) is 18.3 Å². The summed E-state index contributed by atoms with van der Waals surface area (Å²) in [5, 5.41) is 8.94. The molecule has 0 unspecified atom stereocenters. The fraction of sp³-hybridized carbons (Fsp3) is 0.222. The van der Waals surface area contributed by atoms with Crippen LogP contribution in [0.4, 0.5) is 20.2 Å². The summed E-state index contributed by atoms with van der Waals surface area (Å²) in [6.45, 7) is 6.45. The van der Waals surface area contributed by atoms with E-state index in [1.807, 2.05) is 13.0 Å². The third-order valence-corrected chi connectivity index (χ3v) is 3.91. The number of aryl methyl sites for hydroxylation is 3. The second-order valence-electron chi connectivity index (χ2n) is 6.18. The molecular weight excluding hydrogens is 356 g/mol. The highest BCUT2D eigenvalue weighted by Gasteiger charge is 2.21. The molecule has 7 nitrogen and oxygen atoms in total. The number of carbonyl (C=O) groups excluding carboxylic acids is 2. The Morgan fingerprint density at radius 1 is 1.00 bits per heavy atom. The predicted octanol–water partition coefficient (Wildman–Crippen LogP) is 3.14. The molecule has 9 heteroatoms. The molecule has 2 aromatic heterocycles. The van der Waals surface area contributed by atoms with Crippen LogP contribution in [0.25, 0.3) is 5.65 Å². The molecule has 0 atom stereocenters. The topological polar surface area (TPSA) is 88.4 Å². The fourth-order valence-electron chi connectivity index (χ4n) is 2.81. The summed E-state index contributed by atoms with van der Waals surface area (Å²) in [4.78, 5) is 28.2. The van der Waals surface area contributed by atoms with E-state index in [9.17, 15) is 18.4 Å². The van der Waals surface area contributed by atoms with Crippen molar-refractivity contribution in [2.45, 2.75) is 27.7 Å². The van der Waals surface area contributed by atoms with Crippen LogP contribution >= 0.6 is 0 Å². The van der Waals surface area contributed by atoms with Crippen molar-refractivity contribution in [2.75, 3.05) is 10.6 Å². The molecule has 2 amide bonds. The van der Waals surface area contributed by atoms with Crippen LogP contribution < -0.4 is 10.6 Å². The van der Waals surface area contributed by atoms with E-state index < -0.39 is 23.4 Å². The van der Waals surface area contributed by atoms with Crippen molar-refractivity contribution >= 4 is 28.8 Å². The van der Waals surface area contributed by atoms with Gasteiger partial charge in [0, 0.05) is 24.4 Å². The zero-order valence-electron chi connectivity index (χ0n) is 15.1. The van der Waals surface area contributed by atoms with Crippen LogP contribution in [0.2, 0.25) is 0 Å². The number of benzene rings is 1. The number of nitrogens with one attached hydrogen (secondary N) is 2. The molecule has 0 saturated carbocycles. The lowest BCUT2D eigenvalue weighted by molar-refractivity contribution is -0.114. The Hall–Kier alpha value is -3.36. The van der Waals surface area contributed by atoms with Gasteiger partial charge in [0.25, 0.3) is 5.91 Å². The third kappa shape index (κ3) is 3.48. The minimum atomic E-state index is -0.968. The van der Waals surface area contributed by atoms with E-state index in [-0.39, 0.29) is 16.9 Å². The number of nitrogens with zero attached hydrogens (tertiary/aromatic N) is 3. The summed E-state index contributed by atoms with van der Waals surface area (Å²) in [5.41, 5.74) is 1.93. The maximum absolute atomic E-state index is 14.1. The highest BCUT2D eigenvalue weighted by Crippen LogP contribution is 2.25. The maximum Gasteiger partial charge on any atom is 0.261 e. The number of halogens is 2. The molecule has 1 aromatic carbocycles. The largest absolute Gasteiger partial charge is 0.324 e. The van der Waals surface area contributed by atoms with Crippen LogP contribution in [-0.4, -0.2) is 26.4 Å². The van der Waals surface area contributed by atoms with Gasteiger partial charge in [-0.2, -0.15) is 5.10 Å². The molecule has 0 aliphatic carbocycles. The smallest absolute Gasteiger partial charge is 0.261 e. The van der Waals surface area contributed by atoms with Crippen LogP contribution in [-0.2, 0) is 4.79 Å². The Bertz CT molecular complexity index is 1090. The van der Waals surface area contributed by atoms with Crippen LogP contribution in [0.15, 0.2) is 18.2 Å². The highest BCUT2D eigenvalue weighted by atomic mass is 19.1. The van der Waals surface area contributed by atoms with Crippen molar-refractivity contribution in [2.24, 2.45) is 0 Å². The summed E-state index contributed by atoms with van der Waals surface area (Å²) in [5.74, 6) is -3.07. The van der Waals surface area contributed by atoms with Gasteiger partial charge in [-0.05, 0) is 32.9 Å². The van der Waals surface area contributed by atoms with E-state index in [2.05, 4.69) is 20.7 Å². The highest BCUT2D eigenvalue weighted by molar-refractivity contribution is 6.09. The first kappa shape index (κ1) is 18.4. The first-order chi connectivity index (χ1) is 12.7. The van der Waals surface area contributed by atoms with Gasteiger partial charge in [-0.3, -0.25) is 9.59 Å². The molecule has 0 radical (unpaired) electrons. The van der Waals surface area contributed by atoms with Gasteiger partial charge < -0.3 is 10.6 Å². The maximum atomic E-state index is 14.1. The molecule has 3 rings (SSSR count). The van der Waals surface area contributed by atoms with Gasteiger partial charge >= 0.3 is 0 Å². The van der Waals surface area contributed by atoms with Crippen molar-refractivity contribution in [3.63, 3.8) is 0 Å². The predicted molar refractivity (Wildman–Crippen MR) is 95.8 cm³/mol. The number of amides is 2. The molecule has 0 aliphatic rings. The fourth-order valence-corrected chi connectivity index (χ4v) is 2.81. The van der Waals surface area contributed by atoms with Crippen molar-refractivity contribution in [3.05, 3.63) is 52.5 Å². The van der Waals surface area contributed by atoms with E-state index in [4.69, 9.17) is 0 Å². The lowest BCUT2D eigenvalue weighted by Crippen LogP contribution is -2.16. The number of aromatic nitrogens is 3. The van der Waals surface area contributed by atoms with Gasteiger partial charge in [0.05, 0.1) is 17.1 Å². The summed E-state index contributed by atoms with van der Waals surface area (Å²) in [7, 11) is 0. The molecule has 3 aromatic rings. The quantitative estimate of drug-likeness (QED) is 0.738. The van der Waals surface area contributed by atoms with E-state index in [0.717, 1.165) is 11.8 Å². The van der Waals surface area contributed by atoms with Crippen molar-refractivity contribution < 1.29 is 18.4 Å². The van der Waals surface area contributed by atoms with E-state index in [0.29, 0.717) is 23.1 Å². The second-order valence-corrected chi connectivity index (χ2v) is 6.18. The number of rotatable bonds is 3. The number of hydrogen-bond acceptors (Lipinski definition) is 4. The summed E-state index contributed by atoms with van der Waals surface area (Å²) in [6, 6.07) is 3.44. The van der Waals surface area contributed by atoms with Crippen LogP contribution in [0.5, 0.6) is 0 Å². The molecular formula is C18H17F2N5O2. The number of fused-ring (bicyclic) bond motifs is 1. The molecule has 140 valence electrons. The molecule has 0 bridgehead atoms. The Labute approximate surface area is 153 Å². The molecule has 0 aliphatic heterocycles. The molecule has 2 heterocycles. The number of carbonyl (C=O) groups is 2. The first-order valence-electron chi connectivity index (χ1n) is 8.09. The van der Waals surface area contributed by atoms with Crippen LogP contribution in [0.3, 0.4) is 0 Å². The lowest BCUT2D eigenvalue weighted by Gasteiger charge is -2.10. The lowest BCUT2D eigenvalue weighted by atomic mass is 10.2. The van der Waals surface area contributed by atoms with Gasteiger partial charge in [-0.1, -0.05) is 0 Å². The SMILES string of the molecule is CC(=O)Nc1cc(NC(=O)c2c(C)nn3c(C)cc(C)nc23)c(F)cc1F. The number of anilines is 2. The Balaban J connectivity index is 2.03. The summed E-state index contributed by atoms with van der Waals surface area (Å²) in [6.07, 6.45) is 0. The molecule has 0 saturated heterocycles. The van der Waals surface area contributed by atoms with Crippen molar-refractivity contribution in [1.82, 2.24) is 14.6 Å². The van der Waals surface area contributed by atoms with E-state index in [1.165, 1.54) is 11.4 Å². The van der Waals surface area contributed by atoms with Gasteiger partial charge in [0.15, 0.2) is 5.65 Å². The third-order valence-electron chi connectivity index (χ3n) is 3.91. The Morgan fingerprint density at radius 3 is 2.26 bits per heavy atom.